The summed E-state index contributed by atoms with van der Waals surface area (Å²) in [6.07, 6.45) is 6.41. The zero-order valence-electron chi connectivity index (χ0n) is 11.8. The second kappa shape index (κ2) is 5.14. The molecule has 4 nitrogen and oxygen atoms in total. The van der Waals surface area contributed by atoms with Crippen LogP contribution >= 0.6 is 0 Å². The number of hydrogen-bond donors (Lipinski definition) is 0. The van der Waals surface area contributed by atoms with Crippen LogP contribution in [0.1, 0.15) is 45.4 Å². The Balaban J connectivity index is 1.64. The van der Waals surface area contributed by atoms with Crippen LogP contribution < -0.4 is 0 Å². The van der Waals surface area contributed by atoms with Gasteiger partial charge in [-0.1, -0.05) is 0 Å². The average molecular weight is 264 g/mol. The van der Waals surface area contributed by atoms with E-state index in [1.54, 1.807) is 0 Å². The first-order chi connectivity index (χ1) is 9.20. The van der Waals surface area contributed by atoms with Crippen molar-refractivity contribution in [1.29, 1.82) is 0 Å². The normalized spacial score (nSPS) is 26.6. The molecule has 0 aromatic carbocycles. The van der Waals surface area contributed by atoms with E-state index in [1.165, 1.54) is 12.8 Å². The molecule has 3 rings (SSSR count). The maximum atomic E-state index is 12.6. The molecule has 0 spiro atoms. The molecule has 0 bridgehead atoms. The summed E-state index contributed by atoms with van der Waals surface area (Å²) in [5.74, 6) is 1.38. The first-order valence-corrected chi connectivity index (χ1v) is 7.80. The van der Waals surface area contributed by atoms with Gasteiger partial charge < -0.3 is 9.80 Å². The minimum absolute atomic E-state index is 0.160. The number of carbonyl (C=O) groups is 2. The van der Waals surface area contributed by atoms with Crippen LogP contribution in [-0.2, 0) is 9.59 Å². The van der Waals surface area contributed by atoms with Gasteiger partial charge in [-0.15, -0.1) is 0 Å². The van der Waals surface area contributed by atoms with Gasteiger partial charge in [0.15, 0.2) is 0 Å². The van der Waals surface area contributed by atoms with Gasteiger partial charge in [-0.3, -0.25) is 9.59 Å². The van der Waals surface area contributed by atoms with Crippen LogP contribution in [0.2, 0.25) is 0 Å². The average Bonchev–Trinajstić information content (AvgIpc) is 3.33. The number of likely N-dealkylation sites (N-methyl/N-ethyl adjacent to an activating group) is 1. The fraction of sp³-hybridized carbons (Fsp3) is 0.867. The lowest BCUT2D eigenvalue weighted by Crippen LogP contribution is -2.48. The Hall–Kier alpha value is -1.06. The van der Waals surface area contributed by atoms with Crippen molar-refractivity contribution in [2.75, 3.05) is 19.6 Å². The molecule has 4 heteroatoms. The molecule has 19 heavy (non-hydrogen) atoms. The number of carbonyl (C=O) groups excluding carboxylic acids is 2. The summed E-state index contributed by atoms with van der Waals surface area (Å²) >= 11 is 0. The van der Waals surface area contributed by atoms with Crippen LogP contribution in [0.5, 0.6) is 0 Å². The smallest absolute Gasteiger partial charge is 0.245 e. The van der Waals surface area contributed by atoms with Crippen molar-refractivity contribution >= 4 is 11.8 Å². The van der Waals surface area contributed by atoms with Crippen molar-refractivity contribution in [2.24, 2.45) is 11.8 Å². The van der Waals surface area contributed by atoms with Crippen LogP contribution in [0, 0.1) is 11.8 Å². The standard InChI is InChI=1S/C15H24N2O2/c1-2-16(10-11-5-6-11)15(19)13-4-3-9-17(13)14(18)12-7-8-12/h11-13H,2-10H2,1H3/t13-/m0/s1. The SMILES string of the molecule is CCN(CC1CC1)C(=O)[C@@H]1CCCN1C(=O)C1CC1. The van der Waals surface area contributed by atoms with Crippen LogP contribution in [-0.4, -0.2) is 47.3 Å². The lowest BCUT2D eigenvalue weighted by molar-refractivity contribution is -0.144. The van der Waals surface area contributed by atoms with E-state index in [1.807, 2.05) is 16.7 Å². The Kier molecular flexibility index (Phi) is 3.50. The van der Waals surface area contributed by atoms with Crippen LogP contribution in [0.15, 0.2) is 0 Å². The molecule has 0 N–H and O–H groups in total. The fourth-order valence-corrected chi connectivity index (χ4v) is 3.05. The summed E-state index contributed by atoms with van der Waals surface area (Å²) in [7, 11) is 0. The summed E-state index contributed by atoms with van der Waals surface area (Å²) in [4.78, 5) is 28.7. The zero-order valence-corrected chi connectivity index (χ0v) is 11.8. The molecule has 3 fully saturated rings. The molecule has 2 saturated carbocycles. The summed E-state index contributed by atoms with van der Waals surface area (Å²) in [5.41, 5.74) is 0. The summed E-state index contributed by atoms with van der Waals surface area (Å²) < 4.78 is 0. The summed E-state index contributed by atoms with van der Waals surface area (Å²) in [5, 5.41) is 0. The van der Waals surface area contributed by atoms with Gasteiger partial charge in [0.2, 0.25) is 11.8 Å². The molecule has 1 atom stereocenters. The molecule has 106 valence electrons. The van der Waals surface area contributed by atoms with Gasteiger partial charge in [0.25, 0.3) is 0 Å². The fourth-order valence-electron chi connectivity index (χ4n) is 3.05. The third kappa shape index (κ3) is 2.77. The molecule has 0 unspecified atom stereocenters. The quantitative estimate of drug-likeness (QED) is 0.757. The Morgan fingerprint density at radius 2 is 1.89 bits per heavy atom. The van der Waals surface area contributed by atoms with Crippen LogP contribution in [0.25, 0.3) is 0 Å². The van der Waals surface area contributed by atoms with Crippen molar-refractivity contribution < 1.29 is 9.59 Å². The third-order valence-corrected chi connectivity index (χ3v) is 4.62. The monoisotopic (exact) mass is 264 g/mol. The maximum Gasteiger partial charge on any atom is 0.245 e. The Morgan fingerprint density at radius 1 is 1.16 bits per heavy atom. The number of likely N-dealkylation sites (tertiary alicyclic amines) is 1. The minimum atomic E-state index is -0.160. The lowest BCUT2D eigenvalue weighted by Gasteiger charge is -2.30. The minimum Gasteiger partial charge on any atom is -0.341 e. The van der Waals surface area contributed by atoms with E-state index in [-0.39, 0.29) is 23.8 Å². The van der Waals surface area contributed by atoms with E-state index in [2.05, 4.69) is 0 Å². The first kappa shape index (κ1) is 12.9. The van der Waals surface area contributed by atoms with Crippen molar-refractivity contribution in [3.8, 4) is 0 Å². The van der Waals surface area contributed by atoms with Crippen LogP contribution in [0.4, 0.5) is 0 Å². The highest BCUT2D eigenvalue weighted by Gasteiger charge is 2.42. The largest absolute Gasteiger partial charge is 0.341 e. The predicted octanol–water partition coefficient (Wildman–Crippen LogP) is 1.65. The molecule has 1 heterocycles. The molecule has 3 aliphatic rings. The van der Waals surface area contributed by atoms with E-state index in [4.69, 9.17) is 0 Å². The van der Waals surface area contributed by atoms with E-state index in [0.717, 1.165) is 51.2 Å². The molecule has 0 aromatic heterocycles. The van der Waals surface area contributed by atoms with E-state index >= 15 is 0 Å². The van der Waals surface area contributed by atoms with Gasteiger partial charge in [-0.2, -0.15) is 0 Å². The van der Waals surface area contributed by atoms with Crippen molar-refractivity contribution in [2.45, 2.75) is 51.5 Å². The van der Waals surface area contributed by atoms with Gasteiger partial charge in [0.1, 0.15) is 6.04 Å². The zero-order chi connectivity index (χ0) is 13.4. The van der Waals surface area contributed by atoms with E-state index in [9.17, 15) is 9.59 Å². The number of amides is 2. The molecule has 0 aromatic rings. The van der Waals surface area contributed by atoms with Crippen molar-refractivity contribution in [3.05, 3.63) is 0 Å². The highest BCUT2D eigenvalue weighted by molar-refractivity contribution is 5.90. The van der Waals surface area contributed by atoms with E-state index < -0.39 is 0 Å². The second-order valence-corrected chi connectivity index (χ2v) is 6.28. The molecule has 2 aliphatic carbocycles. The third-order valence-electron chi connectivity index (χ3n) is 4.62. The number of rotatable bonds is 5. The maximum absolute atomic E-state index is 12.6. The van der Waals surface area contributed by atoms with Gasteiger partial charge in [0.05, 0.1) is 0 Å². The van der Waals surface area contributed by atoms with Crippen molar-refractivity contribution in [3.63, 3.8) is 0 Å². The summed E-state index contributed by atoms with van der Waals surface area (Å²) in [6, 6.07) is -0.160. The summed E-state index contributed by atoms with van der Waals surface area (Å²) in [6.45, 7) is 4.50. The lowest BCUT2D eigenvalue weighted by atomic mass is 10.1. The van der Waals surface area contributed by atoms with Gasteiger partial charge in [-0.25, -0.2) is 0 Å². The molecule has 0 radical (unpaired) electrons. The number of hydrogen-bond acceptors (Lipinski definition) is 2. The van der Waals surface area contributed by atoms with Gasteiger partial charge in [-0.05, 0) is 51.4 Å². The number of nitrogens with zero attached hydrogens (tertiary/aromatic N) is 2. The molecule has 2 amide bonds. The molecular formula is C15H24N2O2. The molecule has 1 saturated heterocycles. The first-order valence-electron chi connectivity index (χ1n) is 7.80. The van der Waals surface area contributed by atoms with Gasteiger partial charge in [0, 0.05) is 25.6 Å². The Labute approximate surface area is 115 Å². The highest BCUT2D eigenvalue weighted by atomic mass is 16.2. The van der Waals surface area contributed by atoms with E-state index in [0.29, 0.717) is 0 Å². The Morgan fingerprint density at radius 3 is 2.47 bits per heavy atom. The molecular weight excluding hydrogens is 240 g/mol. The topological polar surface area (TPSA) is 40.6 Å². The second-order valence-electron chi connectivity index (χ2n) is 6.28. The molecule has 1 aliphatic heterocycles. The van der Waals surface area contributed by atoms with Crippen molar-refractivity contribution in [1.82, 2.24) is 9.80 Å². The van der Waals surface area contributed by atoms with Gasteiger partial charge >= 0.3 is 0 Å². The van der Waals surface area contributed by atoms with Crippen LogP contribution in [0.3, 0.4) is 0 Å². The Bertz CT molecular complexity index is 374. The highest BCUT2D eigenvalue weighted by Crippen LogP contribution is 2.34. The predicted molar refractivity (Wildman–Crippen MR) is 72.4 cm³/mol.